The van der Waals surface area contributed by atoms with E-state index in [1.807, 2.05) is 20.8 Å². The molecule has 0 amide bonds. The zero-order valence-corrected chi connectivity index (χ0v) is 12.5. The fourth-order valence-corrected chi connectivity index (χ4v) is 3.41. The van der Waals surface area contributed by atoms with Crippen molar-refractivity contribution in [2.75, 3.05) is 0 Å². The van der Waals surface area contributed by atoms with E-state index in [2.05, 4.69) is 15.9 Å². The molecule has 0 aliphatic heterocycles. The highest BCUT2D eigenvalue weighted by Crippen LogP contribution is 2.30. The van der Waals surface area contributed by atoms with Crippen LogP contribution in [0.15, 0.2) is 0 Å². The van der Waals surface area contributed by atoms with E-state index in [-0.39, 0.29) is 10.2 Å². The van der Waals surface area contributed by atoms with Crippen LogP contribution in [-0.2, 0) is 4.79 Å². The third-order valence-electron chi connectivity index (χ3n) is 3.58. The Hall–Kier alpha value is 0.150. The topological polar surface area (TPSA) is 17.1 Å². The van der Waals surface area contributed by atoms with Crippen molar-refractivity contribution in [2.45, 2.75) is 70.5 Å². The second-order valence-corrected chi connectivity index (χ2v) is 7.27. The Balaban J connectivity index is 2.28. The van der Waals surface area contributed by atoms with E-state index < -0.39 is 0 Å². The van der Waals surface area contributed by atoms with Gasteiger partial charge in [0.1, 0.15) is 0 Å². The number of carbonyl (C=O) groups is 1. The first-order valence-electron chi connectivity index (χ1n) is 6.59. The summed E-state index contributed by atoms with van der Waals surface area (Å²) in [5, 5.41) is 0. The molecule has 1 rings (SSSR count). The number of hydrogen-bond acceptors (Lipinski definition) is 1. The molecule has 0 radical (unpaired) electrons. The lowest BCUT2D eigenvalue weighted by molar-refractivity contribution is -0.125. The second-order valence-electron chi connectivity index (χ2n) is 6.16. The van der Waals surface area contributed by atoms with Crippen molar-refractivity contribution in [1.29, 1.82) is 0 Å². The van der Waals surface area contributed by atoms with Gasteiger partial charge in [-0.05, 0) is 18.8 Å². The van der Waals surface area contributed by atoms with E-state index >= 15 is 0 Å². The normalized spacial score (nSPS) is 20.8. The van der Waals surface area contributed by atoms with Gasteiger partial charge < -0.3 is 0 Å². The van der Waals surface area contributed by atoms with Gasteiger partial charge in [-0.3, -0.25) is 4.79 Å². The molecule has 1 aliphatic rings. The lowest BCUT2D eigenvalue weighted by atomic mass is 9.83. The number of rotatable bonds is 4. The van der Waals surface area contributed by atoms with Crippen LogP contribution >= 0.6 is 15.9 Å². The van der Waals surface area contributed by atoms with Crippen LogP contribution in [-0.4, -0.2) is 10.6 Å². The summed E-state index contributed by atoms with van der Waals surface area (Å²) in [4.78, 5) is 12.1. The second kappa shape index (κ2) is 6.18. The van der Waals surface area contributed by atoms with Crippen molar-refractivity contribution in [2.24, 2.45) is 11.3 Å². The van der Waals surface area contributed by atoms with Crippen molar-refractivity contribution >= 4 is 21.7 Å². The van der Waals surface area contributed by atoms with Gasteiger partial charge in [0.15, 0.2) is 5.78 Å². The van der Waals surface area contributed by atoms with Gasteiger partial charge in [0.2, 0.25) is 0 Å². The molecule has 1 nitrogen and oxygen atoms in total. The van der Waals surface area contributed by atoms with Crippen LogP contribution in [0.2, 0.25) is 0 Å². The summed E-state index contributed by atoms with van der Waals surface area (Å²) in [7, 11) is 0. The van der Waals surface area contributed by atoms with Gasteiger partial charge in [-0.1, -0.05) is 68.8 Å². The molecular weight excluding hydrogens is 264 g/mol. The van der Waals surface area contributed by atoms with Gasteiger partial charge in [-0.2, -0.15) is 0 Å². The van der Waals surface area contributed by atoms with Gasteiger partial charge >= 0.3 is 0 Å². The summed E-state index contributed by atoms with van der Waals surface area (Å²) in [6, 6.07) is 0. The molecule has 94 valence electrons. The van der Waals surface area contributed by atoms with E-state index in [0.717, 1.165) is 12.3 Å². The summed E-state index contributed by atoms with van der Waals surface area (Å²) in [6.45, 7) is 6.01. The first-order chi connectivity index (χ1) is 7.41. The highest BCUT2D eigenvalue weighted by molar-refractivity contribution is 9.10. The van der Waals surface area contributed by atoms with Crippen molar-refractivity contribution in [1.82, 2.24) is 0 Å². The molecule has 0 bridgehead atoms. The Kier molecular flexibility index (Phi) is 5.49. The fraction of sp³-hybridized carbons (Fsp3) is 0.929. The summed E-state index contributed by atoms with van der Waals surface area (Å²) >= 11 is 3.56. The molecule has 0 aromatic rings. The molecule has 0 N–H and O–H groups in total. The van der Waals surface area contributed by atoms with Crippen molar-refractivity contribution in [3.8, 4) is 0 Å². The number of Topliss-reactive ketones (excluding diaryl/α,β-unsaturated/α-hetero) is 1. The highest BCUT2D eigenvalue weighted by atomic mass is 79.9. The molecule has 0 saturated heterocycles. The summed E-state index contributed by atoms with van der Waals surface area (Å²) in [6.07, 6.45) is 9.19. The SMILES string of the molecule is CC(C)(C)C(=O)C(Br)CCC1CCCCC1. The molecule has 0 heterocycles. The Morgan fingerprint density at radius 2 is 1.81 bits per heavy atom. The van der Waals surface area contributed by atoms with Gasteiger partial charge in [-0.25, -0.2) is 0 Å². The molecule has 1 aliphatic carbocycles. The lowest BCUT2D eigenvalue weighted by Crippen LogP contribution is -2.29. The lowest BCUT2D eigenvalue weighted by Gasteiger charge is -2.24. The van der Waals surface area contributed by atoms with E-state index in [9.17, 15) is 4.79 Å². The number of carbonyl (C=O) groups excluding carboxylic acids is 1. The Morgan fingerprint density at radius 1 is 1.25 bits per heavy atom. The van der Waals surface area contributed by atoms with E-state index in [1.54, 1.807) is 0 Å². The number of hydrogen-bond donors (Lipinski definition) is 0. The number of halogens is 1. The minimum atomic E-state index is -0.208. The van der Waals surface area contributed by atoms with Gasteiger partial charge in [0.25, 0.3) is 0 Å². The van der Waals surface area contributed by atoms with Crippen molar-refractivity contribution in [3.63, 3.8) is 0 Å². The van der Waals surface area contributed by atoms with Crippen LogP contribution < -0.4 is 0 Å². The van der Waals surface area contributed by atoms with Gasteiger partial charge in [0, 0.05) is 5.41 Å². The molecule has 2 heteroatoms. The molecule has 1 unspecified atom stereocenters. The first kappa shape index (κ1) is 14.2. The van der Waals surface area contributed by atoms with Crippen LogP contribution in [0.3, 0.4) is 0 Å². The zero-order chi connectivity index (χ0) is 12.2. The molecule has 0 spiro atoms. The molecular formula is C14H25BrO. The monoisotopic (exact) mass is 288 g/mol. The number of alkyl halides is 1. The predicted octanol–water partition coefficient (Wildman–Crippen LogP) is 4.73. The van der Waals surface area contributed by atoms with Crippen molar-refractivity contribution < 1.29 is 4.79 Å². The Bertz CT molecular complexity index is 223. The van der Waals surface area contributed by atoms with Crippen LogP contribution in [0.1, 0.15) is 65.7 Å². The quantitative estimate of drug-likeness (QED) is 0.684. The van der Waals surface area contributed by atoms with Crippen LogP contribution in [0.4, 0.5) is 0 Å². The first-order valence-corrected chi connectivity index (χ1v) is 7.51. The molecule has 0 aromatic heterocycles. The zero-order valence-electron chi connectivity index (χ0n) is 10.9. The van der Waals surface area contributed by atoms with E-state index in [4.69, 9.17) is 0 Å². The van der Waals surface area contributed by atoms with Gasteiger partial charge in [0.05, 0.1) is 4.83 Å². The van der Waals surface area contributed by atoms with Crippen molar-refractivity contribution in [3.05, 3.63) is 0 Å². The van der Waals surface area contributed by atoms with Crippen LogP contribution in [0, 0.1) is 11.3 Å². The molecule has 0 aromatic carbocycles. The van der Waals surface area contributed by atoms with Gasteiger partial charge in [-0.15, -0.1) is 0 Å². The summed E-state index contributed by atoms with van der Waals surface area (Å²) in [5.41, 5.74) is -0.208. The maximum Gasteiger partial charge on any atom is 0.151 e. The molecule has 1 saturated carbocycles. The van der Waals surface area contributed by atoms with E-state index in [0.29, 0.717) is 5.78 Å². The maximum atomic E-state index is 12.0. The summed E-state index contributed by atoms with van der Waals surface area (Å²) < 4.78 is 0. The summed E-state index contributed by atoms with van der Waals surface area (Å²) in [5.74, 6) is 1.23. The molecule has 16 heavy (non-hydrogen) atoms. The standard InChI is InChI=1S/C14H25BrO/c1-14(2,3)13(16)12(15)10-9-11-7-5-4-6-8-11/h11-12H,4-10H2,1-3H3. The average Bonchev–Trinajstić information content (AvgIpc) is 2.25. The highest BCUT2D eigenvalue weighted by Gasteiger charge is 2.28. The Morgan fingerprint density at radius 3 is 2.31 bits per heavy atom. The minimum Gasteiger partial charge on any atom is -0.298 e. The third-order valence-corrected chi connectivity index (χ3v) is 4.45. The minimum absolute atomic E-state index is 0.0643. The van der Waals surface area contributed by atoms with E-state index in [1.165, 1.54) is 38.5 Å². The smallest absolute Gasteiger partial charge is 0.151 e. The Labute approximate surface area is 109 Å². The number of ketones is 1. The largest absolute Gasteiger partial charge is 0.298 e. The fourth-order valence-electron chi connectivity index (χ4n) is 2.46. The van der Waals surface area contributed by atoms with Crippen LogP contribution in [0.25, 0.3) is 0 Å². The predicted molar refractivity (Wildman–Crippen MR) is 73.0 cm³/mol. The molecule has 1 fully saturated rings. The third kappa shape index (κ3) is 4.57. The molecule has 1 atom stereocenters. The average molecular weight is 289 g/mol. The maximum absolute atomic E-state index is 12.0. The van der Waals surface area contributed by atoms with Crippen LogP contribution in [0.5, 0.6) is 0 Å².